The molecule has 0 spiro atoms. The van der Waals surface area contributed by atoms with Crippen molar-refractivity contribution in [1.82, 2.24) is 15.1 Å². The Bertz CT molecular complexity index is 1010. The fourth-order valence-electron chi connectivity index (χ4n) is 2.27. The van der Waals surface area contributed by atoms with Gasteiger partial charge in [-0.1, -0.05) is 29.1 Å². The molecule has 0 unspecified atom stereocenters. The Kier molecular flexibility index (Phi) is 4.15. The van der Waals surface area contributed by atoms with Gasteiger partial charge < -0.3 is 8.94 Å². The first kappa shape index (κ1) is 16.6. The lowest BCUT2D eigenvalue weighted by Gasteiger charge is -2.05. The van der Waals surface area contributed by atoms with Crippen molar-refractivity contribution in [3.05, 3.63) is 59.9 Å². The topological polar surface area (TPSA) is 65.0 Å². The Morgan fingerprint density at radius 1 is 0.962 bits per heavy atom. The van der Waals surface area contributed by atoms with E-state index in [2.05, 4.69) is 15.1 Å². The van der Waals surface area contributed by atoms with Crippen molar-refractivity contribution < 1.29 is 22.1 Å². The van der Waals surface area contributed by atoms with Crippen molar-refractivity contribution in [3.8, 4) is 11.5 Å². The molecule has 0 saturated carbocycles. The lowest BCUT2D eigenvalue weighted by Crippen LogP contribution is -2.03. The van der Waals surface area contributed by atoms with E-state index in [1.54, 1.807) is 0 Å². The normalized spacial score (nSPS) is 12.0. The summed E-state index contributed by atoms with van der Waals surface area (Å²) >= 11 is 1.30. The summed E-state index contributed by atoms with van der Waals surface area (Å²) in [6.45, 7) is 0. The van der Waals surface area contributed by atoms with Gasteiger partial charge in [0.15, 0.2) is 11.4 Å². The van der Waals surface area contributed by atoms with Gasteiger partial charge in [0, 0.05) is 5.56 Å². The number of halogens is 3. The maximum Gasteiger partial charge on any atom is 0.416 e. The van der Waals surface area contributed by atoms with Crippen LogP contribution in [-0.2, 0) is 11.9 Å². The van der Waals surface area contributed by atoms with Crippen molar-refractivity contribution in [2.45, 2.75) is 17.2 Å². The van der Waals surface area contributed by atoms with E-state index >= 15 is 0 Å². The van der Waals surface area contributed by atoms with Crippen LogP contribution in [0.3, 0.4) is 0 Å². The number of nitrogens with zero attached hydrogens (tertiary/aromatic N) is 3. The maximum atomic E-state index is 12.6. The van der Waals surface area contributed by atoms with E-state index in [1.807, 2.05) is 24.3 Å². The van der Waals surface area contributed by atoms with Crippen molar-refractivity contribution in [3.63, 3.8) is 0 Å². The highest BCUT2D eigenvalue weighted by Gasteiger charge is 2.30. The number of alkyl halides is 3. The highest BCUT2D eigenvalue weighted by atomic mass is 32.2. The Balaban J connectivity index is 1.46. The zero-order chi connectivity index (χ0) is 18.1. The molecule has 0 saturated heterocycles. The van der Waals surface area contributed by atoms with Crippen LogP contribution in [0.2, 0.25) is 0 Å². The SMILES string of the molecule is FC(F)(F)c1ccc(-c2nc(CSc3nc4ccccc4o3)no2)cc1. The third-order valence-electron chi connectivity index (χ3n) is 3.53. The first-order valence-corrected chi connectivity index (χ1v) is 8.46. The highest BCUT2D eigenvalue weighted by molar-refractivity contribution is 7.98. The number of hydrogen-bond donors (Lipinski definition) is 0. The smallest absolute Gasteiger partial charge is 0.416 e. The van der Waals surface area contributed by atoms with Crippen LogP contribution in [0.4, 0.5) is 13.2 Å². The predicted octanol–water partition coefficient (Wildman–Crippen LogP) is 5.19. The third-order valence-corrected chi connectivity index (χ3v) is 4.35. The zero-order valence-electron chi connectivity index (χ0n) is 13.0. The van der Waals surface area contributed by atoms with Gasteiger partial charge in [0.1, 0.15) is 5.52 Å². The number of para-hydroxylation sites is 2. The van der Waals surface area contributed by atoms with Crippen LogP contribution in [0.1, 0.15) is 11.4 Å². The summed E-state index contributed by atoms with van der Waals surface area (Å²) in [5.41, 5.74) is 1.14. The molecule has 4 rings (SSSR count). The van der Waals surface area contributed by atoms with Gasteiger partial charge in [-0.05, 0) is 36.4 Å². The number of benzene rings is 2. The van der Waals surface area contributed by atoms with Crippen LogP contribution < -0.4 is 0 Å². The quantitative estimate of drug-likeness (QED) is 0.456. The number of thioether (sulfide) groups is 1. The van der Waals surface area contributed by atoms with E-state index < -0.39 is 11.7 Å². The summed E-state index contributed by atoms with van der Waals surface area (Å²) in [7, 11) is 0. The molecule has 0 radical (unpaired) electrons. The van der Waals surface area contributed by atoms with E-state index in [0.29, 0.717) is 27.9 Å². The summed E-state index contributed by atoms with van der Waals surface area (Å²) in [5, 5.41) is 4.31. The Labute approximate surface area is 149 Å². The Morgan fingerprint density at radius 2 is 1.73 bits per heavy atom. The van der Waals surface area contributed by atoms with Crippen LogP contribution in [0.5, 0.6) is 0 Å². The van der Waals surface area contributed by atoms with Gasteiger partial charge in [-0.15, -0.1) is 0 Å². The summed E-state index contributed by atoms with van der Waals surface area (Å²) < 4.78 is 48.5. The molecule has 2 aromatic heterocycles. The summed E-state index contributed by atoms with van der Waals surface area (Å²) in [6, 6.07) is 12.0. The zero-order valence-corrected chi connectivity index (χ0v) is 13.8. The maximum absolute atomic E-state index is 12.6. The van der Waals surface area contributed by atoms with Crippen LogP contribution in [-0.4, -0.2) is 15.1 Å². The summed E-state index contributed by atoms with van der Waals surface area (Å²) in [5.74, 6) is 0.913. The molecule has 0 atom stereocenters. The molecule has 132 valence electrons. The van der Waals surface area contributed by atoms with Gasteiger partial charge in [0.05, 0.1) is 11.3 Å². The molecule has 5 nitrogen and oxygen atoms in total. The molecule has 9 heteroatoms. The highest BCUT2D eigenvalue weighted by Crippen LogP contribution is 2.31. The molecule has 0 aliphatic rings. The van der Waals surface area contributed by atoms with Gasteiger partial charge in [-0.25, -0.2) is 4.98 Å². The number of rotatable bonds is 4. The van der Waals surface area contributed by atoms with Crippen molar-refractivity contribution in [2.75, 3.05) is 0 Å². The molecule has 0 fully saturated rings. The molecule has 0 N–H and O–H groups in total. The van der Waals surface area contributed by atoms with Gasteiger partial charge in [0.25, 0.3) is 11.1 Å². The summed E-state index contributed by atoms with van der Waals surface area (Å²) in [4.78, 5) is 8.52. The number of hydrogen-bond acceptors (Lipinski definition) is 6. The molecular weight excluding hydrogens is 367 g/mol. The van der Waals surface area contributed by atoms with Gasteiger partial charge in [-0.2, -0.15) is 18.2 Å². The monoisotopic (exact) mass is 377 g/mol. The standard InChI is InChI=1S/C17H10F3N3O2S/c18-17(19,20)11-7-5-10(6-8-11)15-22-14(23-25-15)9-26-16-21-12-3-1-2-4-13(12)24-16/h1-8H,9H2. The Morgan fingerprint density at radius 3 is 2.46 bits per heavy atom. The van der Waals surface area contributed by atoms with E-state index in [-0.39, 0.29) is 5.89 Å². The average Bonchev–Trinajstić information content (AvgIpc) is 3.26. The van der Waals surface area contributed by atoms with E-state index in [4.69, 9.17) is 8.94 Å². The Hall–Kier alpha value is -2.81. The molecule has 0 bridgehead atoms. The van der Waals surface area contributed by atoms with Gasteiger partial charge in [0.2, 0.25) is 0 Å². The lowest BCUT2D eigenvalue weighted by molar-refractivity contribution is -0.137. The number of oxazole rings is 1. The predicted molar refractivity (Wildman–Crippen MR) is 88.3 cm³/mol. The minimum Gasteiger partial charge on any atom is -0.431 e. The molecule has 26 heavy (non-hydrogen) atoms. The molecule has 0 aliphatic carbocycles. The second kappa shape index (κ2) is 6.49. The lowest BCUT2D eigenvalue weighted by atomic mass is 10.1. The largest absolute Gasteiger partial charge is 0.431 e. The molecule has 0 aliphatic heterocycles. The van der Waals surface area contributed by atoms with Crippen LogP contribution in [0.15, 0.2) is 62.7 Å². The van der Waals surface area contributed by atoms with Crippen LogP contribution in [0, 0.1) is 0 Å². The van der Waals surface area contributed by atoms with Crippen LogP contribution >= 0.6 is 11.8 Å². The first-order chi connectivity index (χ1) is 12.5. The molecule has 0 amide bonds. The van der Waals surface area contributed by atoms with Crippen molar-refractivity contribution in [1.29, 1.82) is 0 Å². The van der Waals surface area contributed by atoms with Crippen LogP contribution in [0.25, 0.3) is 22.6 Å². The van der Waals surface area contributed by atoms with E-state index in [0.717, 1.165) is 17.6 Å². The van der Waals surface area contributed by atoms with Crippen molar-refractivity contribution in [2.24, 2.45) is 0 Å². The molecule has 4 aromatic rings. The minimum absolute atomic E-state index is 0.159. The number of aromatic nitrogens is 3. The van der Waals surface area contributed by atoms with Gasteiger partial charge in [-0.3, -0.25) is 0 Å². The second-order valence-corrected chi connectivity index (χ2v) is 6.25. The van der Waals surface area contributed by atoms with Crippen molar-refractivity contribution >= 4 is 22.9 Å². The fraction of sp³-hybridized carbons (Fsp3) is 0.118. The molecular formula is C17H10F3N3O2S. The molecule has 2 heterocycles. The number of fused-ring (bicyclic) bond motifs is 1. The summed E-state index contributed by atoms with van der Waals surface area (Å²) in [6.07, 6.45) is -4.38. The minimum atomic E-state index is -4.38. The third kappa shape index (κ3) is 3.43. The average molecular weight is 377 g/mol. The fourth-order valence-corrected chi connectivity index (χ4v) is 2.95. The first-order valence-electron chi connectivity index (χ1n) is 7.47. The molecule has 2 aromatic carbocycles. The van der Waals surface area contributed by atoms with E-state index in [1.165, 1.54) is 23.9 Å². The second-order valence-electron chi connectivity index (χ2n) is 5.33. The van der Waals surface area contributed by atoms with Gasteiger partial charge >= 0.3 is 6.18 Å². The van der Waals surface area contributed by atoms with E-state index in [9.17, 15) is 13.2 Å².